The summed E-state index contributed by atoms with van der Waals surface area (Å²) in [5.74, 6) is -1.02. The van der Waals surface area contributed by atoms with E-state index >= 15 is 0 Å². The summed E-state index contributed by atoms with van der Waals surface area (Å²) in [5.41, 5.74) is 1.14. The fraction of sp³-hybridized carbons (Fsp3) is 0.103. The molecule has 11 nitrogen and oxygen atoms in total. The number of hydrogen-bond donors (Lipinski definition) is 2. The molecule has 1 amide bonds. The first-order valence-corrected chi connectivity index (χ1v) is 13.8. The molecule has 0 radical (unpaired) electrons. The number of nitrogens with one attached hydrogen (secondary N) is 2. The van der Waals surface area contributed by atoms with Gasteiger partial charge in [0, 0.05) is 29.8 Å². The summed E-state index contributed by atoms with van der Waals surface area (Å²) in [7, 11) is -2.45. The van der Waals surface area contributed by atoms with Gasteiger partial charge in [0.15, 0.2) is 12.4 Å². The summed E-state index contributed by atoms with van der Waals surface area (Å²) in [6, 6.07) is 22.9. The molecule has 0 aliphatic carbocycles. The molecule has 0 fully saturated rings. The number of carbonyl (C=O) groups is 2. The third kappa shape index (κ3) is 5.72. The topological polar surface area (TPSA) is 150 Å². The van der Waals surface area contributed by atoms with Crippen LogP contribution in [-0.4, -0.2) is 36.6 Å². The number of carbonyl (C=O) groups excluding carboxylic acids is 2. The van der Waals surface area contributed by atoms with Crippen LogP contribution in [0.2, 0.25) is 0 Å². The summed E-state index contributed by atoms with van der Waals surface area (Å²) < 4.78 is 38.8. The molecule has 0 unspecified atom stereocenters. The minimum atomic E-state index is -3.93. The van der Waals surface area contributed by atoms with Crippen LogP contribution in [0.25, 0.3) is 21.9 Å². The molecule has 0 saturated heterocycles. The molecule has 2 heterocycles. The Kier molecular flexibility index (Phi) is 7.40. The maximum atomic E-state index is 13.3. The number of pyridine rings is 1. The largest absolute Gasteiger partial charge is 0.451 e. The van der Waals surface area contributed by atoms with Crippen LogP contribution in [0.5, 0.6) is 0 Å². The molecule has 2 N–H and O–H groups in total. The van der Waals surface area contributed by atoms with E-state index in [1.807, 2.05) is 30.3 Å². The van der Waals surface area contributed by atoms with Gasteiger partial charge >= 0.3 is 5.97 Å². The summed E-state index contributed by atoms with van der Waals surface area (Å²) in [5, 5.41) is 7.19. The fourth-order valence-electron chi connectivity index (χ4n) is 4.33. The van der Waals surface area contributed by atoms with Crippen molar-refractivity contribution in [2.24, 2.45) is 7.05 Å². The molecule has 0 saturated carbocycles. The molecule has 0 spiro atoms. The van der Waals surface area contributed by atoms with Crippen molar-refractivity contribution < 1.29 is 27.3 Å². The average Bonchev–Trinajstić information content (AvgIpc) is 3.37. The van der Waals surface area contributed by atoms with Gasteiger partial charge in [-0.05, 0) is 48.2 Å². The molecule has 208 valence electrons. The van der Waals surface area contributed by atoms with Gasteiger partial charge in [-0.2, -0.15) is 0 Å². The van der Waals surface area contributed by atoms with Gasteiger partial charge in [-0.15, -0.1) is 0 Å². The standard InChI is InChI=1S/C29H24N4O7S/c1-18-16-24(31-40-18)32-41(37,38)21-14-12-20(13-15-21)30-25(34)17-39-29(36)27-26(19-8-4-3-5-9-19)22-10-6-7-11-23(22)28(35)33(27)2/h3-16H,17H2,1-2H3,(H,30,34)(H,31,32). The molecule has 5 rings (SSSR count). The van der Waals surface area contributed by atoms with Gasteiger partial charge in [-0.3, -0.25) is 14.3 Å². The molecule has 0 atom stereocenters. The van der Waals surface area contributed by atoms with Crippen LogP contribution in [0, 0.1) is 6.92 Å². The second-order valence-corrected chi connectivity index (χ2v) is 10.8. The molecule has 12 heteroatoms. The SMILES string of the molecule is Cc1cc(NS(=O)(=O)c2ccc(NC(=O)COC(=O)c3c(-c4ccccc4)c4ccccc4c(=O)n3C)cc2)no1. The highest BCUT2D eigenvalue weighted by Gasteiger charge is 2.23. The van der Waals surface area contributed by atoms with Crippen LogP contribution in [0.1, 0.15) is 16.2 Å². The van der Waals surface area contributed by atoms with Crippen LogP contribution in [0.15, 0.2) is 99.1 Å². The van der Waals surface area contributed by atoms with E-state index in [-0.39, 0.29) is 27.7 Å². The Bertz CT molecular complexity index is 1930. The van der Waals surface area contributed by atoms with E-state index in [0.717, 1.165) is 0 Å². The predicted molar refractivity (Wildman–Crippen MR) is 152 cm³/mol. The Balaban J connectivity index is 1.31. The molecular formula is C29H24N4O7S. The summed E-state index contributed by atoms with van der Waals surface area (Å²) in [4.78, 5) is 38.8. The lowest BCUT2D eigenvalue weighted by atomic mass is 9.97. The zero-order valence-corrected chi connectivity index (χ0v) is 22.8. The number of fused-ring (bicyclic) bond motifs is 1. The highest BCUT2D eigenvalue weighted by atomic mass is 32.2. The van der Waals surface area contributed by atoms with Crippen molar-refractivity contribution in [1.29, 1.82) is 0 Å². The van der Waals surface area contributed by atoms with Gasteiger partial charge in [0.25, 0.3) is 21.5 Å². The normalized spacial score (nSPS) is 11.3. The van der Waals surface area contributed by atoms with E-state index in [4.69, 9.17) is 9.26 Å². The molecular weight excluding hydrogens is 548 g/mol. The van der Waals surface area contributed by atoms with Crippen molar-refractivity contribution in [3.05, 3.63) is 107 Å². The van der Waals surface area contributed by atoms with Gasteiger partial charge in [-0.1, -0.05) is 53.7 Å². The van der Waals surface area contributed by atoms with Crippen molar-refractivity contribution in [3.63, 3.8) is 0 Å². The van der Waals surface area contributed by atoms with Gasteiger partial charge in [-0.25, -0.2) is 13.2 Å². The highest BCUT2D eigenvalue weighted by molar-refractivity contribution is 7.92. The van der Waals surface area contributed by atoms with Crippen LogP contribution in [0.3, 0.4) is 0 Å². The number of aryl methyl sites for hydroxylation is 1. The van der Waals surface area contributed by atoms with Crippen LogP contribution < -0.4 is 15.6 Å². The number of rotatable bonds is 8. The Morgan fingerprint density at radius 3 is 2.27 bits per heavy atom. The third-order valence-electron chi connectivity index (χ3n) is 6.21. The van der Waals surface area contributed by atoms with Gasteiger partial charge in [0.05, 0.1) is 4.90 Å². The number of amides is 1. The van der Waals surface area contributed by atoms with E-state index in [9.17, 15) is 22.8 Å². The molecule has 0 aliphatic heterocycles. The number of anilines is 2. The van der Waals surface area contributed by atoms with Gasteiger partial charge < -0.3 is 19.1 Å². The quantitative estimate of drug-likeness (QED) is 0.264. The highest BCUT2D eigenvalue weighted by Crippen LogP contribution is 2.31. The Labute approximate surface area is 234 Å². The second-order valence-electron chi connectivity index (χ2n) is 9.08. The zero-order chi connectivity index (χ0) is 29.1. The number of nitrogens with zero attached hydrogens (tertiary/aromatic N) is 2. The first-order valence-electron chi connectivity index (χ1n) is 12.3. The van der Waals surface area contributed by atoms with E-state index in [2.05, 4.69) is 15.2 Å². The molecule has 41 heavy (non-hydrogen) atoms. The summed E-state index contributed by atoms with van der Waals surface area (Å²) in [6.07, 6.45) is 0. The minimum absolute atomic E-state index is 0.0112. The Hall–Kier alpha value is -5.23. The van der Waals surface area contributed by atoms with Crippen molar-refractivity contribution in [3.8, 4) is 11.1 Å². The van der Waals surface area contributed by atoms with Crippen molar-refractivity contribution in [2.75, 3.05) is 16.6 Å². The third-order valence-corrected chi connectivity index (χ3v) is 7.58. The van der Waals surface area contributed by atoms with E-state index in [1.54, 1.807) is 31.2 Å². The molecule has 0 bridgehead atoms. The number of benzene rings is 3. The smallest absolute Gasteiger partial charge is 0.356 e. The van der Waals surface area contributed by atoms with Crippen LogP contribution >= 0.6 is 0 Å². The number of hydrogen-bond acceptors (Lipinski definition) is 8. The summed E-state index contributed by atoms with van der Waals surface area (Å²) in [6.45, 7) is 0.992. The molecule has 2 aromatic heterocycles. The number of ether oxygens (including phenoxy) is 1. The van der Waals surface area contributed by atoms with Crippen LogP contribution in [-0.2, 0) is 26.6 Å². The lowest BCUT2D eigenvalue weighted by Gasteiger charge is -2.16. The van der Waals surface area contributed by atoms with Crippen molar-refractivity contribution >= 4 is 44.2 Å². The zero-order valence-electron chi connectivity index (χ0n) is 22.0. The van der Waals surface area contributed by atoms with Crippen molar-refractivity contribution in [1.82, 2.24) is 9.72 Å². The lowest BCUT2D eigenvalue weighted by Crippen LogP contribution is -2.28. The fourth-order valence-corrected chi connectivity index (χ4v) is 5.31. The van der Waals surface area contributed by atoms with Gasteiger partial charge in [0.2, 0.25) is 0 Å². The number of sulfonamides is 1. The second kappa shape index (κ2) is 11.1. The maximum absolute atomic E-state index is 13.3. The average molecular weight is 573 g/mol. The van der Waals surface area contributed by atoms with Crippen LogP contribution in [0.4, 0.5) is 11.5 Å². The van der Waals surface area contributed by atoms with E-state index in [1.165, 1.54) is 41.9 Å². The summed E-state index contributed by atoms with van der Waals surface area (Å²) >= 11 is 0. The predicted octanol–water partition coefficient (Wildman–Crippen LogP) is 4.10. The van der Waals surface area contributed by atoms with Crippen molar-refractivity contribution in [2.45, 2.75) is 11.8 Å². The maximum Gasteiger partial charge on any atom is 0.356 e. The molecule has 3 aromatic carbocycles. The molecule has 0 aliphatic rings. The van der Waals surface area contributed by atoms with E-state index < -0.39 is 28.5 Å². The first kappa shape index (κ1) is 27.3. The van der Waals surface area contributed by atoms with E-state index in [0.29, 0.717) is 27.7 Å². The molecule has 5 aromatic rings. The van der Waals surface area contributed by atoms with Gasteiger partial charge in [0.1, 0.15) is 11.5 Å². The minimum Gasteiger partial charge on any atom is -0.451 e. The monoisotopic (exact) mass is 572 g/mol. The number of aromatic nitrogens is 2. The number of esters is 1. The Morgan fingerprint density at radius 2 is 1.61 bits per heavy atom. The Morgan fingerprint density at radius 1 is 0.951 bits per heavy atom. The first-order chi connectivity index (χ1) is 19.6. The lowest BCUT2D eigenvalue weighted by molar-refractivity contribution is -0.119.